The van der Waals surface area contributed by atoms with E-state index in [-0.39, 0.29) is 27.8 Å². The summed E-state index contributed by atoms with van der Waals surface area (Å²) in [5.41, 5.74) is -5.84. The molecule has 0 unspecified atom stereocenters. The number of alkyl halides is 3. The van der Waals surface area contributed by atoms with Gasteiger partial charge in [-0.1, -0.05) is 35.9 Å². The summed E-state index contributed by atoms with van der Waals surface area (Å²) < 4.78 is 89.4. The summed E-state index contributed by atoms with van der Waals surface area (Å²) in [4.78, 5) is 11.9. The summed E-state index contributed by atoms with van der Waals surface area (Å²) in [5, 5.41) is 13.1. The maximum absolute atomic E-state index is 13.9. The zero-order chi connectivity index (χ0) is 26.4. The van der Waals surface area contributed by atoms with Crippen LogP contribution in [0.4, 0.5) is 27.6 Å². The Balaban J connectivity index is 1.79. The molecule has 5 nitrogen and oxygen atoms in total. The Kier molecular flexibility index (Phi) is 6.40. The van der Waals surface area contributed by atoms with Gasteiger partial charge in [-0.3, -0.25) is 4.79 Å². The van der Waals surface area contributed by atoms with Crippen molar-refractivity contribution in [2.75, 3.05) is 5.32 Å². The molecule has 0 radical (unpaired) electrons. The summed E-state index contributed by atoms with van der Waals surface area (Å²) in [5.74, 6) is -3.18. The number of carbonyl (C=O) groups excluding carboxylic acids is 1. The van der Waals surface area contributed by atoms with Gasteiger partial charge in [0.05, 0.1) is 21.2 Å². The molecule has 0 aliphatic carbocycles. The van der Waals surface area contributed by atoms with Gasteiger partial charge < -0.3 is 10.4 Å². The highest BCUT2D eigenvalue weighted by Crippen LogP contribution is 2.39. The van der Waals surface area contributed by atoms with E-state index >= 15 is 0 Å². The first-order chi connectivity index (χ1) is 16.8. The Bertz CT molecular complexity index is 1620. The highest BCUT2D eigenvalue weighted by molar-refractivity contribution is 7.92. The second-order valence-corrected chi connectivity index (χ2v) is 9.92. The molecule has 12 heteroatoms. The molecule has 36 heavy (non-hydrogen) atoms. The van der Waals surface area contributed by atoms with E-state index < -0.39 is 48.6 Å². The molecule has 2 N–H and O–H groups in total. The number of anilines is 1. The molecule has 4 aromatic carbocycles. The molecule has 0 aliphatic heterocycles. The molecule has 4 rings (SSSR count). The molecular formula is C24H13ClF5NO4S. The van der Waals surface area contributed by atoms with Crippen LogP contribution in [0.15, 0.2) is 71.6 Å². The molecule has 186 valence electrons. The quantitative estimate of drug-likeness (QED) is 0.282. The highest BCUT2D eigenvalue weighted by atomic mass is 35.5. The summed E-state index contributed by atoms with van der Waals surface area (Å²) >= 11 is 5.92. The number of hydrogen-bond acceptors (Lipinski definition) is 4. The lowest BCUT2D eigenvalue weighted by Crippen LogP contribution is -2.23. The molecular weight excluding hydrogens is 529 g/mol. The maximum Gasteiger partial charge on any atom is 0.501 e. The summed E-state index contributed by atoms with van der Waals surface area (Å²) in [6.07, 6.45) is 0. The number of carbonyl (C=O) groups is 1. The lowest BCUT2D eigenvalue weighted by atomic mass is 9.94. The highest BCUT2D eigenvalue weighted by Gasteiger charge is 2.47. The SMILES string of the molecule is O=C(Nc1ccc(S(=O)(=O)C(F)(F)F)cc1Cl)c1cc(-c2cc(F)cc(F)c2)c2ccccc2c1O. The monoisotopic (exact) mass is 541 g/mol. The predicted molar refractivity (Wildman–Crippen MR) is 124 cm³/mol. The van der Waals surface area contributed by atoms with Crippen LogP contribution in [0.5, 0.6) is 5.75 Å². The van der Waals surface area contributed by atoms with Crippen molar-refractivity contribution in [3.8, 4) is 16.9 Å². The summed E-state index contributed by atoms with van der Waals surface area (Å²) in [6, 6.07) is 12.2. The van der Waals surface area contributed by atoms with E-state index in [1.807, 2.05) is 0 Å². The van der Waals surface area contributed by atoms with Crippen molar-refractivity contribution < 1.29 is 40.3 Å². The lowest BCUT2D eigenvalue weighted by Gasteiger charge is -2.15. The zero-order valence-corrected chi connectivity index (χ0v) is 19.3. The van der Waals surface area contributed by atoms with Gasteiger partial charge in [0, 0.05) is 11.5 Å². The van der Waals surface area contributed by atoms with E-state index in [0.29, 0.717) is 23.6 Å². The number of phenolic OH excluding ortho intramolecular Hbond substituents is 1. The minimum atomic E-state index is -5.67. The van der Waals surface area contributed by atoms with Crippen LogP contribution < -0.4 is 5.32 Å². The average Bonchev–Trinajstić information content (AvgIpc) is 2.79. The molecule has 4 aromatic rings. The standard InChI is InChI=1S/C24H13ClF5NO4S/c25-20-10-15(36(34,35)24(28,29)30)5-6-21(20)31-23(33)19-11-18(12-7-13(26)9-14(27)8-12)16-3-1-2-4-17(16)22(19)32/h1-11,32H,(H,31,33). The number of sulfone groups is 1. The lowest BCUT2D eigenvalue weighted by molar-refractivity contribution is -0.0436. The molecule has 0 fully saturated rings. The van der Waals surface area contributed by atoms with E-state index in [1.54, 1.807) is 18.2 Å². The Labute approximate surface area is 205 Å². The number of hydrogen-bond donors (Lipinski definition) is 2. The number of rotatable bonds is 4. The molecule has 0 atom stereocenters. The minimum absolute atomic E-state index is 0.0810. The smallest absolute Gasteiger partial charge is 0.501 e. The van der Waals surface area contributed by atoms with E-state index in [9.17, 15) is 40.3 Å². The molecule has 1 amide bonds. The van der Waals surface area contributed by atoms with Crippen molar-refractivity contribution in [1.82, 2.24) is 0 Å². The van der Waals surface area contributed by atoms with Crippen LogP contribution in [0.2, 0.25) is 5.02 Å². The third-order valence-electron chi connectivity index (χ3n) is 5.24. The Morgan fingerprint density at radius 2 is 1.50 bits per heavy atom. The second kappa shape index (κ2) is 9.07. The topological polar surface area (TPSA) is 83.5 Å². The van der Waals surface area contributed by atoms with Crippen LogP contribution >= 0.6 is 11.6 Å². The number of aromatic hydroxyl groups is 1. The molecule has 0 saturated heterocycles. The van der Waals surface area contributed by atoms with Gasteiger partial charge in [-0.2, -0.15) is 13.2 Å². The Morgan fingerprint density at radius 3 is 2.08 bits per heavy atom. The van der Waals surface area contributed by atoms with Gasteiger partial charge in [0.25, 0.3) is 15.7 Å². The maximum atomic E-state index is 13.9. The van der Waals surface area contributed by atoms with Gasteiger partial charge in [0.2, 0.25) is 0 Å². The average molecular weight is 542 g/mol. The van der Waals surface area contributed by atoms with Crippen LogP contribution in [-0.2, 0) is 9.84 Å². The summed E-state index contributed by atoms with van der Waals surface area (Å²) in [7, 11) is -5.67. The molecule has 0 aromatic heterocycles. The number of halogens is 6. The van der Waals surface area contributed by atoms with E-state index in [0.717, 1.165) is 18.2 Å². The number of phenols is 1. The van der Waals surface area contributed by atoms with Crippen molar-refractivity contribution >= 4 is 43.8 Å². The number of benzene rings is 4. The first-order valence-corrected chi connectivity index (χ1v) is 11.8. The van der Waals surface area contributed by atoms with Gasteiger partial charge in [0.1, 0.15) is 17.4 Å². The predicted octanol–water partition coefficient (Wildman–Crippen LogP) is 6.69. The van der Waals surface area contributed by atoms with Crippen molar-refractivity contribution in [2.24, 2.45) is 0 Å². The Hall–Kier alpha value is -3.70. The van der Waals surface area contributed by atoms with Crippen LogP contribution in [0.1, 0.15) is 10.4 Å². The van der Waals surface area contributed by atoms with Gasteiger partial charge >= 0.3 is 5.51 Å². The van der Waals surface area contributed by atoms with Crippen LogP contribution in [-0.4, -0.2) is 24.9 Å². The molecule has 0 heterocycles. The van der Waals surface area contributed by atoms with Gasteiger partial charge in [-0.15, -0.1) is 0 Å². The van der Waals surface area contributed by atoms with Gasteiger partial charge in [-0.25, -0.2) is 17.2 Å². The number of amides is 1. The van der Waals surface area contributed by atoms with Crippen LogP contribution in [0.25, 0.3) is 21.9 Å². The van der Waals surface area contributed by atoms with Crippen molar-refractivity contribution in [2.45, 2.75) is 10.4 Å². The van der Waals surface area contributed by atoms with Crippen molar-refractivity contribution in [1.29, 1.82) is 0 Å². The largest absolute Gasteiger partial charge is 0.506 e. The number of fused-ring (bicyclic) bond motifs is 1. The number of nitrogens with one attached hydrogen (secondary N) is 1. The van der Waals surface area contributed by atoms with Gasteiger partial charge in [-0.05, 0) is 52.9 Å². The first-order valence-electron chi connectivity index (χ1n) is 9.93. The fourth-order valence-corrected chi connectivity index (χ4v) is 4.65. The van der Waals surface area contributed by atoms with Gasteiger partial charge in [0.15, 0.2) is 0 Å². The Morgan fingerprint density at radius 1 is 0.889 bits per heavy atom. The normalized spacial score (nSPS) is 12.1. The fourth-order valence-electron chi connectivity index (χ4n) is 3.57. The van der Waals surface area contributed by atoms with Crippen LogP contribution in [0.3, 0.4) is 0 Å². The van der Waals surface area contributed by atoms with Crippen LogP contribution in [0, 0.1) is 11.6 Å². The van der Waals surface area contributed by atoms with E-state index in [4.69, 9.17) is 11.6 Å². The molecule has 0 bridgehead atoms. The van der Waals surface area contributed by atoms with E-state index in [2.05, 4.69) is 5.32 Å². The molecule has 0 saturated carbocycles. The molecule has 0 spiro atoms. The van der Waals surface area contributed by atoms with Crippen molar-refractivity contribution in [3.63, 3.8) is 0 Å². The fraction of sp³-hybridized carbons (Fsp3) is 0.0417. The third kappa shape index (κ3) is 4.59. The van der Waals surface area contributed by atoms with Crippen molar-refractivity contribution in [3.05, 3.63) is 89.0 Å². The minimum Gasteiger partial charge on any atom is -0.506 e. The molecule has 0 aliphatic rings. The summed E-state index contributed by atoms with van der Waals surface area (Å²) in [6.45, 7) is 0. The van der Waals surface area contributed by atoms with E-state index in [1.165, 1.54) is 12.1 Å². The third-order valence-corrected chi connectivity index (χ3v) is 7.03. The first kappa shape index (κ1) is 25.4. The second-order valence-electron chi connectivity index (χ2n) is 7.57. The zero-order valence-electron chi connectivity index (χ0n) is 17.7.